The van der Waals surface area contributed by atoms with Crippen molar-refractivity contribution in [1.29, 1.82) is 0 Å². The third kappa shape index (κ3) is 2.25. The van der Waals surface area contributed by atoms with Gasteiger partial charge in [-0.3, -0.25) is 10.1 Å². The van der Waals surface area contributed by atoms with Crippen molar-refractivity contribution >= 4 is 11.9 Å². The molecule has 0 aromatic heterocycles. The van der Waals surface area contributed by atoms with Gasteiger partial charge in [0.2, 0.25) is 0 Å². The van der Waals surface area contributed by atoms with Crippen LogP contribution in [0.3, 0.4) is 0 Å². The van der Waals surface area contributed by atoms with Crippen molar-refractivity contribution in [3.8, 4) is 0 Å². The predicted molar refractivity (Wildman–Crippen MR) is 43.4 cm³/mol. The van der Waals surface area contributed by atoms with Gasteiger partial charge in [0.15, 0.2) is 11.6 Å². The standard InChI is InChI=1S/C8H6F2N2O2/c9-5-2-1-4(3-6(5)10)7(13)12-8(11)14/h1-3H,(H3,11,12,13,14). The Morgan fingerprint density at radius 3 is 2.36 bits per heavy atom. The first-order valence-corrected chi connectivity index (χ1v) is 3.56. The molecule has 4 nitrogen and oxygen atoms in total. The maximum absolute atomic E-state index is 12.6. The van der Waals surface area contributed by atoms with Crippen molar-refractivity contribution in [2.45, 2.75) is 0 Å². The monoisotopic (exact) mass is 200 g/mol. The summed E-state index contributed by atoms with van der Waals surface area (Å²) in [4.78, 5) is 21.3. The average Bonchev–Trinajstić information content (AvgIpc) is 2.08. The van der Waals surface area contributed by atoms with E-state index in [1.807, 2.05) is 0 Å². The van der Waals surface area contributed by atoms with Crippen LogP contribution in [0.4, 0.5) is 13.6 Å². The van der Waals surface area contributed by atoms with Crippen molar-refractivity contribution in [2.24, 2.45) is 5.73 Å². The van der Waals surface area contributed by atoms with Crippen molar-refractivity contribution in [1.82, 2.24) is 5.32 Å². The van der Waals surface area contributed by atoms with Crippen LogP contribution in [0.2, 0.25) is 0 Å². The number of carbonyl (C=O) groups is 2. The Balaban J connectivity index is 2.91. The van der Waals surface area contributed by atoms with E-state index in [0.717, 1.165) is 12.1 Å². The van der Waals surface area contributed by atoms with Crippen molar-refractivity contribution in [3.05, 3.63) is 35.4 Å². The molecule has 0 saturated carbocycles. The topological polar surface area (TPSA) is 72.2 Å². The van der Waals surface area contributed by atoms with Crippen molar-refractivity contribution < 1.29 is 18.4 Å². The third-order valence-corrected chi connectivity index (χ3v) is 1.42. The van der Waals surface area contributed by atoms with Gasteiger partial charge in [0, 0.05) is 5.56 Å². The summed E-state index contributed by atoms with van der Waals surface area (Å²) in [5.41, 5.74) is 4.48. The number of halogens is 2. The molecular weight excluding hydrogens is 194 g/mol. The zero-order valence-corrected chi connectivity index (χ0v) is 6.88. The lowest BCUT2D eigenvalue weighted by molar-refractivity contribution is 0.0965. The highest BCUT2D eigenvalue weighted by molar-refractivity contribution is 6.03. The van der Waals surface area contributed by atoms with Gasteiger partial charge >= 0.3 is 6.03 Å². The van der Waals surface area contributed by atoms with E-state index in [4.69, 9.17) is 0 Å². The zero-order valence-electron chi connectivity index (χ0n) is 6.88. The molecule has 0 aliphatic rings. The van der Waals surface area contributed by atoms with Crippen LogP contribution in [0.1, 0.15) is 10.4 Å². The first-order valence-electron chi connectivity index (χ1n) is 3.56. The molecule has 0 spiro atoms. The minimum atomic E-state index is -1.16. The van der Waals surface area contributed by atoms with E-state index >= 15 is 0 Å². The quantitative estimate of drug-likeness (QED) is 0.702. The van der Waals surface area contributed by atoms with E-state index < -0.39 is 23.6 Å². The molecule has 0 atom stereocenters. The SMILES string of the molecule is NC(=O)NC(=O)c1ccc(F)c(F)c1. The molecule has 74 valence electrons. The number of amides is 3. The number of rotatable bonds is 1. The van der Waals surface area contributed by atoms with Crippen molar-refractivity contribution in [3.63, 3.8) is 0 Å². The highest BCUT2D eigenvalue weighted by Crippen LogP contribution is 2.08. The fourth-order valence-corrected chi connectivity index (χ4v) is 0.821. The molecule has 3 amide bonds. The summed E-state index contributed by atoms with van der Waals surface area (Å²) in [7, 11) is 0. The molecule has 0 saturated heterocycles. The van der Waals surface area contributed by atoms with Crippen LogP contribution in [-0.2, 0) is 0 Å². The van der Waals surface area contributed by atoms with Crippen LogP contribution in [0, 0.1) is 11.6 Å². The molecule has 0 bridgehead atoms. The number of imide groups is 1. The largest absolute Gasteiger partial charge is 0.351 e. The summed E-state index contributed by atoms with van der Waals surface area (Å²) >= 11 is 0. The molecule has 3 N–H and O–H groups in total. The molecule has 0 radical (unpaired) electrons. The van der Waals surface area contributed by atoms with Gasteiger partial charge in [-0.2, -0.15) is 0 Å². The maximum atomic E-state index is 12.6. The summed E-state index contributed by atoms with van der Waals surface area (Å²) in [6, 6.07) is 1.44. The van der Waals surface area contributed by atoms with Crippen LogP contribution >= 0.6 is 0 Å². The van der Waals surface area contributed by atoms with E-state index in [-0.39, 0.29) is 5.56 Å². The van der Waals surface area contributed by atoms with E-state index in [0.29, 0.717) is 6.07 Å². The van der Waals surface area contributed by atoms with E-state index in [2.05, 4.69) is 5.73 Å². The molecule has 1 aromatic carbocycles. The molecule has 0 heterocycles. The zero-order chi connectivity index (χ0) is 10.7. The summed E-state index contributed by atoms with van der Waals surface area (Å²) in [5, 5.41) is 1.72. The highest BCUT2D eigenvalue weighted by Gasteiger charge is 2.10. The minimum absolute atomic E-state index is 0.178. The fraction of sp³-hybridized carbons (Fsp3) is 0. The number of nitrogens with one attached hydrogen (secondary N) is 1. The second kappa shape index (κ2) is 3.82. The van der Waals surface area contributed by atoms with Gasteiger partial charge in [0.05, 0.1) is 0 Å². The van der Waals surface area contributed by atoms with Crippen molar-refractivity contribution in [2.75, 3.05) is 0 Å². The lowest BCUT2D eigenvalue weighted by Gasteiger charge is -2.00. The number of urea groups is 1. The van der Waals surface area contributed by atoms with E-state index in [1.165, 1.54) is 0 Å². The molecular formula is C8H6F2N2O2. The van der Waals surface area contributed by atoms with Crippen LogP contribution in [-0.4, -0.2) is 11.9 Å². The minimum Gasteiger partial charge on any atom is -0.351 e. The first kappa shape index (κ1) is 10.1. The van der Waals surface area contributed by atoms with Gasteiger partial charge in [0.25, 0.3) is 5.91 Å². The number of carbonyl (C=O) groups excluding carboxylic acids is 2. The molecule has 1 rings (SSSR count). The lowest BCUT2D eigenvalue weighted by atomic mass is 10.2. The highest BCUT2D eigenvalue weighted by atomic mass is 19.2. The molecule has 6 heteroatoms. The first-order chi connectivity index (χ1) is 6.50. The Morgan fingerprint density at radius 1 is 1.21 bits per heavy atom. The Kier molecular flexibility index (Phi) is 2.76. The lowest BCUT2D eigenvalue weighted by Crippen LogP contribution is -2.34. The predicted octanol–water partition coefficient (Wildman–Crippen LogP) is 0.773. The molecule has 0 aliphatic carbocycles. The van der Waals surface area contributed by atoms with Gasteiger partial charge in [-0.25, -0.2) is 13.6 Å². The van der Waals surface area contributed by atoms with Crippen LogP contribution < -0.4 is 11.1 Å². The Morgan fingerprint density at radius 2 is 1.86 bits per heavy atom. The molecule has 0 aliphatic heterocycles. The van der Waals surface area contributed by atoms with Crippen LogP contribution in [0.15, 0.2) is 18.2 Å². The van der Waals surface area contributed by atoms with Crippen LogP contribution in [0.5, 0.6) is 0 Å². The second-order valence-electron chi connectivity index (χ2n) is 2.45. The third-order valence-electron chi connectivity index (χ3n) is 1.42. The van der Waals surface area contributed by atoms with Gasteiger partial charge in [-0.15, -0.1) is 0 Å². The van der Waals surface area contributed by atoms with Gasteiger partial charge in [-0.05, 0) is 18.2 Å². The van der Waals surface area contributed by atoms with Gasteiger partial charge < -0.3 is 5.73 Å². The normalized spacial score (nSPS) is 9.57. The molecule has 0 fully saturated rings. The fourth-order valence-electron chi connectivity index (χ4n) is 0.821. The molecule has 14 heavy (non-hydrogen) atoms. The van der Waals surface area contributed by atoms with E-state index in [1.54, 1.807) is 5.32 Å². The summed E-state index contributed by atoms with van der Waals surface area (Å²) in [5.74, 6) is -3.11. The van der Waals surface area contributed by atoms with Gasteiger partial charge in [-0.1, -0.05) is 0 Å². The molecule has 0 unspecified atom stereocenters. The van der Waals surface area contributed by atoms with E-state index in [9.17, 15) is 18.4 Å². The molecule has 1 aromatic rings. The second-order valence-corrected chi connectivity index (χ2v) is 2.45. The maximum Gasteiger partial charge on any atom is 0.319 e. The summed E-state index contributed by atoms with van der Waals surface area (Å²) in [6.45, 7) is 0. The summed E-state index contributed by atoms with van der Waals surface area (Å²) in [6.07, 6.45) is 0. The Labute approximate surface area is 77.7 Å². The Bertz CT molecular complexity index is 393. The number of hydrogen-bond acceptors (Lipinski definition) is 2. The number of hydrogen-bond donors (Lipinski definition) is 2. The number of primary amides is 1. The number of benzene rings is 1. The van der Waals surface area contributed by atoms with Crippen LogP contribution in [0.25, 0.3) is 0 Å². The smallest absolute Gasteiger partial charge is 0.319 e. The average molecular weight is 200 g/mol. The Hall–Kier alpha value is -1.98. The summed E-state index contributed by atoms with van der Waals surface area (Å²) < 4.78 is 25.0. The number of nitrogens with two attached hydrogens (primary N) is 1. The van der Waals surface area contributed by atoms with Gasteiger partial charge in [0.1, 0.15) is 0 Å².